The Labute approximate surface area is 124 Å². The number of ether oxygens (including phenoxy) is 1. The minimum absolute atomic E-state index is 0.148. The van der Waals surface area contributed by atoms with Gasteiger partial charge < -0.3 is 9.64 Å². The van der Waals surface area contributed by atoms with Gasteiger partial charge >= 0.3 is 0 Å². The van der Waals surface area contributed by atoms with E-state index in [0.29, 0.717) is 25.1 Å². The van der Waals surface area contributed by atoms with Crippen LogP contribution in [-0.2, 0) is 18.0 Å². The molecule has 1 saturated carbocycles. The lowest BCUT2D eigenvalue weighted by Crippen LogP contribution is -2.44. The molecule has 0 bridgehead atoms. The molecular formula is C16H20ClNO2. The number of halogens is 1. The van der Waals surface area contributed by atoms with E-state index < -0.39 is 0 Å². The zero-order valence-electron chi connectivity index (χ0n) is 11.6. The van der Waals surface area contributed by atoms with Gasteiger partial charge in [-0.15, -0.1) is 11.6 Å². The number of alkyl halides is 1. The lowest BCUT2D eigenvalue weighted by molar-refractivity contribution is 0.0580. The van der Waals surface area contributed by atoms with Gasteiger partial charge in [-0.25, -0.2) is 0 Å². The first-order chi connectivity index (χ1) is 9.79. The molecule has 2 aliphatic rings. The molecule has 1 heterocycles. The number of carbonyl (C=O) groups is 1. The van der Waals surface area contributed by atoms with Gasteiger partial charge in [0.15, 0.2) is 0 Å². The zero-order chi connectivity index (χ0) is 13.9. The van der Waals surface area contributed by atoms with Gasteiger partial charge in [0, 0.05) is 24.0 Å². The number of carbonyl (C=O) groups excluding carboxylic acids is 1. The molecule has 0 saturated heterocycles. The molecule has 1 aliphatic carbocycles. The van der Waals surface area contributed by atoms with Crippen LogP contribution in [0.4, 0.5) is 0 Å². The monoisotopic (exact) mass is 293 g/mol. The van der Waals surface area contributed by atoms with Crippen molar-refractivity contribution in [2.24, 2.45) is 0 Å². The lowest BCUT2D eigenvalue weighted by Gasteiger charge is -2.37. The summed E-state index contributed by atoms with van der Waals surface area (Å²) < 4.78 is 5.41. The van der Waals surface area contributed by atoms with E-state index in [9.17, 15) is 4.79 Å². The largest absolute Gasteiger partial charge is 0.372 e. The highest BCUT2D eigenvalue weighted by molar-refractivity contribution is 6.17. The van der Waals surface area contributed by atoms with Crippen molar-refractivity contribution < 1.29 is 9.53 Å². The highest BCUT2D eigenvalue weighted by Crippen LogP contribution is 2.28. The average molecular weight is 294 g/mol. The smallest absolute Gasteiger partial charge is 0.254 e. The minimum Gasteiger partial charge on any atom is -0.372 e. The molecular weight excluding hydrogens is 274 g/mol. The van der Waals surface area contributed by atoms with Crippen molar-refractivity contribution in [3.8, 4) is 0 Å². The van der Waals surface area contributed by atoms with Crippen LogP contribution in [0.2, 0.25) is 0 Å². The highest BCUT2D eigenvalue weighted by atomic mass is 35.5. The van der Waals surface area contributed by atoms with E-state index in [1.54, 1.807) is 0 Å². The number of benzene rings is 1. The molecule has 3 rings (SSSR count). The molecule has 3 nitrogen and oxygen atoms in total. The Morgan fingerprint density at radius 2 is 2.10 bits per heavy atom. The maximum atomic E-state index is 12.7. The Bertz CT molecular complexity index is 499. The first-order valence-electron chi connectivity index (χ1n) is 7.36. The second-order valence-electron chi connectivity index (χ2n) is 5.60. The number of fused-ring (bicyclic) bond motifs is 1. The van der Waals surface area contributed by atoms with Crippen LogP contribution in [0.3, 0.4) is 0 Å². The minimum atomic E-state index is 0.148. The summed E-state index contributed by atoms with van der Waals surface area (Å²) in [5, 5.41) is 0. The van der Waals surface area contributed by atoms with Crippen molar-refractivity contribution >= 4 is 17.5 Å². The fraction of sp³-hybridized carbons (Fsp3) is 0.562. The summed E-state index contributed by atoms with van der Waals surface area (Å²) >= 11 is 5.78. The average Bonchev–Trinajstić information content (AvgIpc) is 2.87. The molecule has 0 unspecified atom stereocenters. The molecule has 20 heavy (non-hydrogen) atoms. The lowest BCUT2D eigenvalue weighted by atomic mass is 9.90. The molecule has 1 amide bonds. The van der Waals surface area contributed by atoms with Gasteiger partial charge in [-0.1, -0.05) is 6.07 Å². The zero-order valence-corrected chi connectivity index (χ0v) is 12.4. The maximum absolute atomic E-state index is 12.7. The van der Waals surface area contributed by atoms with Crippen LogP contribution >= 0.6 is 11.6 Å². The predicted molar refractivity (Wildman–Crippen MR) is 78.9 cm³/mol. The van der Waals surface area contributed by atoms with Crippen LogP contribution < -0.4 is 0 Å². The first-order valence-corrected chi connectivity index (χ1v) is 7.89. The number of amides is 1. The van der Waals surface area contributed by atoms with Crippen LogP contribution in [-0.4, -0.2) is 29.3 Å². The molecule has 0 aromatic heterocycles. The van der Waals surface area contributed by atoms with Gasteiger partial charge in [0.25, 0.3) is 5.91 Å². The summed E-state index contributed by atoms with van der Waals surface area (Å²) in [7, 11) is 0. The summed E-state index contributed by atoms with van der Waals surface area (Å²) in [5.41, 5.74) is 3.15. The molecule has 0 atom stereocenters. The van der Waals surface area contributed by atoms with E-state index in [4.69, 9.17) is 16.3 Å². The molecule has 0 radical (unpaired) electrons. The van der Waals surface area contributed by atoms with E-state index in [1.165, 1.54) is 12.0 Å². The third kappa shape index (κ3) is 2.70. The Morgan fingerprint density at radius 1 is 1.30 bits per heavy atom. The highest BCUT2D eigenvalue weighted by Gasteiger charge is 2.29. The summed E-state index contributed by atoms with van der Waals surface area (Å²) in [5.74, 6) is 0.753. The normalized spacial score (nSPS) is 17.6. The van der Waals surface area contributed by atoms with Gasteiger partial charge in [0.1, 0.15) is 0 Å². The number of hydrogen-bond donors (Lipinski definition) is 0. The van der Waals surface area contributed by atoms with E-state index in [-0.39, 0.29) is 5.91 Å². The number of hydrogen-bond acceptors (Lipinski definition) is 2. The summed E-state index contributed by atoms with van der Waals surface area (Å²) in [6.07, 6.45) is 4.34. The fourth-order valence-electron chi connectivity index (χ4n) is 2.85. The summed E-state index contributed by atoms with van der Waals surface area (Å²) in [4.78, 5) is 14.7. The SMILES string of the molecule is O=C(c1ccc2c(c1)COC2)N(CCCCl)C1CCC1. The van der Waals surface area contributed by atoms with Gasteiger partial charge in [-0.3, -0.25) is 4.79 Å². The second-order valence-corrected chi connectivity index (χ2v) is 5.98. The van der Waals surface area contributed by atoms with Crippen LogP contribution in [0.1, 0.15) is 47.2 Å². The van der Waals surface area contributed by atoms with Crippen molar-refractivity contribution in [3.05, 3.63) is 34.9 Å². The van der Waals surface area contributed by atoms with Crippen LogP contribution in [0.15, 0.2) is 18.2 Å². The van der Waals surface area contributed by atoms with Crippen LogP contribution in [0.25, 0.3) is 0 Å². The van der Waals surface area contributed by atoms with Crippen molar-refractivity contribution in [2.75, 3.05) is 12.4 Å². The molecule has 4 heteroatoms. The molecule has 1 fully saturated rings. The third-order valence-corrected chi connectivity index (χ3v) is 4.54. The first kappa shape index (κ1) is 13.9. The van der Waals surface area contributed by atoms with Crippen molar-refractivity contribution in [3.63, 3.8) is 0 Å². The Kier molecular flexibility index (Phi) is 4.27. The fourth-order valence-corrected chi connectivity index (χ4v) is 2.97. The predicted octanol–water partition coefficient (Wildman–Crippen LogP) is 3.34. The van der Waals surface area contributed by atoms with Crippen LogP contribution in [0, 0.1) is 0 Å². The summed E-state index contributed by atoms with van der Waals surface area (Å²) in [6.45, 7) is 2.06. The third-order valence-electron chi connectivity index (χ3n) is 4.28. The second kappa shape index (κ2) is 6.15. The van der Waals surface area contributed by atoms with Crippen molar-refractivity contribution in [2.45, 2.75) is 44.9 Å². The Hall–Kier alpha value is -1.06. The van der Waals surface area contributed by atoms with Crippen LogP contribution in [0.5, 0.6) is 0 Å². The molecule has 108 valence electrons. The van der Waals surface area contributed by atoms with Crippen molar-refractivity contribution in [1.29, 1.82) is 0 Å². The van der Waals surface area contributed by atoms with Gasteiger partial charge in [-0.05, 0) is 48.9 Å². The Balaban J connectivity index is 1.77. The van der Waals surface area contributed by atoms with Crippen molar-refractivity contribution in [1.82, 2.24) is 4.90 Å². The van der Waals surface area contributed by atoms with E-state index in [2.05, 4.69) is 0 Å². The van der Waals surface area contributed by atoms with E-state index in [0.717, 1.165) is 36.9 Å². The van der Waals surface area contributed by atoms with E-state index >= 15 is 0 Å². The number of nitrogens with zero attached hydrogens (tertiary/aromatic N) is 1. The Morgan fingerprint density at radius 3 is 2.80 bits per heavy atom. The molecule has 1 aliphatic heterocycles. The standard InChI is InChI=1S/C16H20ClNO2/c17-7-2-8-18(15-3-1-4-15)16(19)12-5-6-13-10-20-11-14(13)9-12/h5-6,9,15H,1-4,7-8,10-11H2. The van der Waals surface area contributed by atoms with Gasteiger partial charge in [-0.2, -0.15) is 0 Å². The summed E-state index contributed by atoms with van der Waals surface area (Å²) in [6, 6.07) is 6.37. The van der Waals surface area contributed by atoms with Gasteiger partial charge in [0.2, 0.25) is 0 Å². The van der Waals surface area contributed by atoms with Gasteiger partial charge in [0.05, 0.1) is 13.2 Å². The quantitative estimate of drug-likeness (QED) is 0.779. The number of rotatable bonds is 5. The van der Waals surface area contributed by atoms with E-state index in [1.807, 2.05) is 23.1 Å². The molecule has 0 N–H and O–H groups in total. The maximum Gasteiger partial charge on any atom is 0.254 e. The topological polar surface area (TPSA) is 29.5 Å². The molecule has 1 aromatic carbocycles. The molecule has 1 aromatic rings. The molecule has 0 spiro atoms.